The van der Waals surface area contributed by atoms with Crippen LogP contribution in [0.3, 0.4) is 0 Å². The molecule has 5 nitrogen and oxygen atoms in total. The second-order valence-electron chi connectivity index (χ2n) is 7.39. The summed E-state index contributed by atoms with van der Waals surface area (Å²) in [5, 5.41) is 2.96. The fourth-order valence-corrected chi connectivity index (χ4v) is 2.40. The van der Waals surface area contributed by atoms with Gasteiger partial charge in [0.05, 0.1) is 17.8 Å². The van der Waals surface area contributed by atoms with Crippen LogP contribution in [0.4, 0.5) is 5.69 Å². The normalized spacial score (nSPS) is 11.5. The topological polar surface area (TPSA) is 60.5 Å². The van der Waals surface area contributed by atoms with Crippen LogP contribution in [-0.4, -0.2) is 29.7 Å². The van der Waals surface area contributed by atoms with Gasteiger partial charge in [-0.1, -0.05) is 32.0 Å². The van der Waals surface area contributed by atoms with Gasteiger partial charge in [-0.05, 0) is 44.4 Å². The Morgan fingerprint density at radius 2 is 1.85 bits per heavy atom. The Kier molecular flexibility index (Phi) is 6.75. The number of rotatable bonds is 7. The van der Waals surface area contributed by atoms with E-state index in [2.05, 4.69) is 24.1 Å². The summed E-state index contributed by atoms with van der Waals surface area (Å²) in [6, 6.07) is 11.2. The van der Waals surface area contributed by atoms with Crippen LogP contribution in [0.5, 0.6) is 5.88 Å². The lowest BCUT2D eigenvalue weighted by Gasteiger charge is -2.19. The zero-order chi connectivity index (χ0) is 19.2. The van der Waals surface area contributed by atoms with Gasteiger partial charge in [-0.15, -0.1) is 0 Å². The average Bonchev–Trinajstić information content (AvgIpc) is 2.58. The molecule has 1 aromatic heterocycles. The molecule has 0 unspecified atom stereocenters. The maximum atomic E-state index is 12.5. The van der Waals surface area contributed by atoms with Gasteiger partial charge in [0.1, 0.15) is 6.61 Å². The van der Waals surface area contributed by atoms with Crippen molar-refractivity contribution < 1.29 is 14.3 Å². The van der Waals surface area contributed by atoms with Crippen molar-refractivity contribution in [2.75, 3.05) is 18.5 Å². The van der Waals surface area contributed by atoms with Crippen molar-refractivity contribution in [3.63, 3.8) is 0 Å². The van der Waals surface area contributed by atoms with Crippen LogP contribution in [0.1, 0.15) is 56.5 Å². The van der Waals surface area contributed by atoms with E-state index >= 15 is 0 Å². The molecule has 0 fully saturated rings. The SMILES string of the molecule is CC(C)c1ccccc1NC(=O)c1ccc(OCCOC(C)(C)C)nc1. The number of pyridine rings is 1. The van der Waals surface area contributed by atoms with Gasteiger partial charge >= 0.3 is 0 Å². The van der Waals surface area contributed by atoms with Gasteiger partial charge in [0.2, 0.25) is 5.88 Å². The molecule has 0 aliphatic heterocycles. The number of para-hydroxylation sites is 1. The molecule has 1 aromatic carbocycles. The summed E-state index contributed by atoms with van der Waals surface area (Å²) in [7, 11) is 0. The van der Waals surface area contributed by atoms with Gasteiger partial charge < -0.3 is 14.8 Å². The first kappa shape index (κ1) is 19.9. The molecule has 1 N–H and O–H groups in total. The summed E-state index contributed by atoms with van der Waals surface area (Å²) in [5.41, 5.74) is 2.23. The highest BCUT2D eigenvalue weighted by Gasteiger charge is 2.12. The van der Waals surface area contributed by atoms with E-state index in [4.69, 9.17) is 9.47 Å². The number of nitrogens with one attached hydrogen (secondary N) is 1. The predicted molar refractivity (Wildman–Crippen MR) is 104 cm³/mol. The fraction of sp³-hybridized carbons (Fsp3) is 0.429. The number of carbonyl (C=O) groups excluding carboxylic acids is 1. The number of hydrogen-bond donors (Lipinski definition) is 1. The summed E-state index contributed by atoms with van der Waals surface area (Å²) in [6.07, 6.45) is 1.52. The van der Waals surface area contributed by atoms with Gasteiger partial charge in [-0.2, -0.15) is 0 Å². The van der Waals surface area contributed by atoms with Gasteiger partial charge in [-0.25, -0.2) is 4.98 Å². The van der Waals surface area contributed by atoms with E-state index in [1.54, 1.807) is 12.1 Å². The standard InChI is InChI=1S/C21H28N2O3/c1-15(2)17-8-6-7-9-18(17)23-20(24)16-10-11-19(22-14-16)25-12-13-26-21(3,4)5/h6-11,14-15H,12-13H2,1-5H3,(H,23,24). The van der Waals surface area contributed by atoms with Crippen molar-refractivity contribution in [3.8, 4) is 5.88 Å². The first-order valence-corrected chi connectivity index (χ1v) is 8.89. The van der Waals surface area contributed by atoms with Crippen molar-refractivity contribution in [1.82, 2.24) is 4.98 Å². The average molecular weight is 356 g/mol. The van der Waals surface area contributed by atoms with Gasteiger partial charge in [0, 0.05) is 18.0 Å². The van der Waals surface area contributed by atoms with Crippen LogP contribution in [0.25, 0.3) is 0 Å². The lowest BCUT2D eigenvalue weighted by Crippen LogP contribution is -2.22. The Balaban J connectivity index is 1.93. The second kappa shape index (κ2) is 8.81. The molecular formula is C21H28N2O3. The molecule has 0 atom stereocenters. The minimum Gasteiger partial charge on any atom is -0.475 e. The van der Waals surface area contributed by atoms with Crippen LogP contribution in [0.2, 0.25) is 0 Å². The molecule has 0 spiro atoms. The highest BCUT2D eigenvalue weighted by Crippen LogP contribution is 2.24. The second-order valence-corrected chi connectivity index (χ2v) is 7.39. The molecule has 0 radical (unpaired) electrons. The largest absolute Gasteiger partial charge is 0.475 e. The van der Waals surface area contributed by atoms with Crippen LogP contribution in [0, 0.1) is 0 Å². The molecule has 26 heavy (non-hydrogen) atoms. The zero-order valence-corrected chi connectivity index (χ0v) is 16.2. The zero-order valence-electron chi connectivity index (χ0n) is 16.2. The van der Waals surface area contributed by atoms with Gasteiger partial charge in [0.25, 0.3) is 5.91 Å². The lowest BCUT2D eigenvalue weighted by atomic mass is 10.0. The van der Waals surface area contributed by atoms with Crippen molar-refractivity contribution >= 4 is 11.6 Å². The Morgan fingerprint density at radius 1 is 1.12 bits per heavy atom. The number of amides is 1. The maximum absolute atomic E-state index is 12.5. The molecule has 0 aliphatic rings. The highest BCUT2D eigenvalue weighted by molar-refractivity contribution is 6.04. The van der Waals surface area contributed by atoms with Gasteiger partial charge in [0.15, 0.2) is 0 Å². The van der Waals surface area contributed by atoms with E-state index in [0.717, 1.165) is 11.3 Å². The minimum absolute atomic E-state index is 0.187. The molecule has 0 saturated heterocycles. The number of aromatic nitrogens is 1. The molecule has 0 bridgehead atoms. The summed E-state index contributed by atoms with van der Waals surface area (Å²) in [6.45, 7) is 11.1. The minimum atomic E-state index is -0.189. The molecule has 2 aromatic rings. The molecule has 0 aliphatic carbocycles. The molecule has 1 amide bonds. The van der Waals surface area contributed by atoms with E-state index in [1.165, 1.54) is 6.20 Å². The van der Waals surface area contributed by atoms with E-state index in [0.29, 0.717) is 30.6 Å². The Labute approximate surface area is 155 Å². The number of benzene rings is 1. The maximum Gasteiger partial charge on any atom is 0.257 e. The smallest absolute Gasteiger partial charge is 0.257 e. The summed E-state index contributed by atoms with van der Waals surface area (Å²) in [5.74, 6) is 0.616. The van der Waals surface area contributed by atoms with Crippen molar-refractivity contribution in [2.45, 2.75) is 46.1 Å². The first-order chi connectivity index (χ1) is 12.3. The third kappa shape index (κ3) is 6.15. The van der Waals surface area contributed by atoms with E-state index in [9.17, 15) is 4.79 Å². The predicted octanol–water partition coefficient (Wildman–Crippen LogP) is 4.65. The number of anilines is 1. The molecule has 140 valence electrons. The quantitative estimate of drug-likeness (QED) is 0.734. The first-order valence-electron chi connectivity index (χ1n) is 8.89. The summed E-state index contributed by atoms with van der Waals surface area (Å²) < 4.78 is 11.1. The number of nitrogens with zero attached hydrogens (tertiary/aromatic N) is 1. The van der Waals surface area contributed by atoms with Crippen LogP contribution >= 0.6 is 0 Å². The fourth-order valence-electron chi connectivity index (χ4n) is 2.40. The number of carbonyl (C=O) groups is 1. The lowest BCUT2D eigenvalue weighted by molar-refractivity contribution is -0.0168. The van der Waals surface area contributed by atoms with Crippen molar-refractivity contribution in [1.29, 1.82) is 0 Å². The molecule has 1 heterocycles. The summed E-state index contributed by atoms with van der Waals surface area (Å²) >= 11 is 0. The van der Waals surface area contributed by atoms with Crippen molar-refractivity contribution in [2.24, 2.45) is 0 Å². The molecular weight excluding hydrogens is 328 g/mol. The molecule has 0 saturated carbocycles. The third-order valence-electron chi connectivity index (χ3n) is 3.70. The van der Waals surface area contributed by atoms with Gasteiger partial charge in [-0.3, -0.25) is 4.79 Å². The van der Waals surface area contributed by atoms with Crippen molar-refractivity contribution in [3.05, 3.63) is 53.7 Å². The van der Waals surface area contributed by atoms with E-state index in [1.807, 2.05) is 45.0 Å². The van der Waals surface area contributed by atoms with Crippen LogP contribution < -0.4 is 10.1 Å². The Bertz CT molecular complexity index is 719. The summed E-state index contributed by atoms with van der Waals surface area (Å²) in [4.78, 5) is 16.7. The Morgan fingerprint density at radius 3 is 2.46 bits per heavy atom. The molecule has 2 rings (SSSR count). The van der Waals surface area contributed by atoms with E-state index in [-0.39, 0.29) is 11.5 Å². The highest BCUT2D eigenvalue weighted by atomic mass is 16.5. The van der Waals surface area contributed by atoms with Crippen LogP contribution in [0.15, 0.2) is 42.6 Å². The third-order valence-corrected chi connectivity index (χ3v) is 3.70. The van der Waals surface area contributed by atoms with E-state index < -0.39 is 0 Å². The molecule has 5 heteroatoms. The number of hydrogen-bond acceptors (Lipinski definition) is 4. The monoisotopic (exact) mass is 356 g/mol. The Hall–Kier alpha value is -2.40. The number of ether oxygens (including phenoxy) is 2. The van der Waals surface area contributed by atoms with Crippen LogP contribution in [-0.2, 0) is 4.74 Å².